The topological polar surface area (TPSA) is 122 Å². The van der Waals surface area contributed by atoms with Crippen molar-refractivity contribution >= 4 is 27.7 Å². The van der Waals surface area contributed by atoms with Gasteiger partial charge >= 0.3 is 6.03 Å². The summed E-state index contributed by atoms with van der Waals surface area (Å²) in [6.07, 6.45) is 1.15. The van der Waals surface area contributed by atoms with E-state index >= 15 is 0 Å². The molecular weight excluding hydrogens is 398 g/mol. The van der Waals surface area contributed by atoms with Crippen molar-refractivity contribution in [2.24, 2.45) is 0 Å². The van der Waals surface area contributed by atoms with Gasteiger partial charge in [0.05, 0.1) is 18.6 Å². The highest BCUT2D eigenvalue weighted by Gasteiger charge is 2.37. The van der Waals surface area contributed by atoms with Crippen LogP contribution in [0.1, 0.15) is 24.8 Å². The van der Waals surface area contributed by atoms with Crippen molar-refractivity contribution in [2.45, 2.75) is 37.8 Å². The second kappa shape index (κ2) is 8.81. The number of amides is 4. The maximum atomic E-state index is 12.5. The number of rotatable bonds is 8. The second-order valence-corrected chi connectivity index (χ2v) is 9.52. The second-order valence-electron chi connectivity index (χ2n) is 7.30. The zero-order chi connectivity index (χ0) is 21.0. The summed E-state index contributed by atoms with van der Waals surface area (Å²) in [5.41, 5.74) is 0.973. The van der Waals surface area contributed by atoms with Crippen molar-refractivity contribution in [3.8, 4) is 5.75 Å². The Labute approximate surface area is 169 Å². The number of hydrogen-bond acceptors (Lipinski definition) is 6. The summed E-state index contributed by atoms with van der Waals surface area (Å²) in [6.45, 7) is 0.250. The maximum absolute atomic E-state index is 12.5. The number of urea groups is 1. The molecule has 0 unspecified atom stereocenters. The number of methoxy groups -OCH3 is 1. The van der Waals surface area contributed by atoms with Gasteiger partial charge in [0.25, 0.3) is 5.91 Å². The SMILES string of the molecule is COc1ccc(CCN2C(=O)N[C@@H](CCC(=O)N[C@H]3CCS(=O)(=O)C3)C2=O)cc1. The largest absolute Gasteiger partial charge is 0.497 e. The Kier molecular flexibility index (Phi) is 6.41. The third-order valence-corrected chi connectivity index (χ3v) is 6.92. The van der Waals surface area contributed by atoms with Crippen molar-refractivity contribution in [1.29, 1.82) is 0 Å². The van der Waals surface area contributed by atoms with Crippen LogP contribution in [0.2, 0.25) is 0 Å². The molecule has 2 aliphatic heterocycles. The first-order valence-corrected chi connectivity index (χ1v) is 11.3. The fourth-order valence-corrected chi connectivity index (χ4v) is 5.17. The first-order chi connectivity index (χ1) is 13.8. The van der Waals surface area contributed by atoms with Crippen LogP contribution in [0.4, 0.5) is 4.79 Å². The van der Waals surface area contributed by atoms with E-state index in [0.717, 1.165) is 16.2 Å². The highest BCUT2D eigenvalue weighted by atomic mass is 32.2. The summed E-state index contributed by atoms with van der Waals surface area (Å²) >= 11 is 0. The first kappa shape index (κ1) is 21.1. The molecule has 0 bridgehead atoms. The average molecular weight is 423 g/mol. The van der Waals surface area contributed by atoms with Crippen LogP contribution in [0, 0.1) is 0 Å². The van der Waals surface area contributed by atoms with Gasteiger partial charge in [-0.25, -0.2) is 13.2 Å². The molecule has 0 spiro atoms. The van der Waals surface area contributed by atoms with Gasteiger partial charge in [-0.1, -0.05) is 12.1 Å². The van der Waals surface area contributed by atoms with Gasteiger partial charge < -0.3 is 15.4 Å². The molecule has 0 saturated carbocycles. The Balaban J connectivity index is 1.45. The highest BCUT2D eigenvalue weighted by Crippen LogP contribution is 2.16. The van der Waals surface area contributed by atoms with Crippen LogP contribution in [-0.4, -0.2) is 68.4 Å². The Morgan fingerprint density at radius 1 is 1.28 bits per heavy atom. The molecule has 2 heterocycles. The van der Waals surface area contributed by atoms with E-state index in [2.05, 4.69) is 10.6 Å². The molecule has 1 aromatic rings. The zero-order valence-electron chi connectivity index (χ0n) is 16.2. The minimum atomic E-state index is -3.07. The number of benzene rings is 1. The fraction of sp³-hybridized carbons (Fsp3) is 0.526. The van der Waals surface area contributed by atoms with Crippen molar-refractivity contribution < 1.29 is 27.5 Å². The molecule has 2 N–H and O–H groups in total. The monoisotopic (exact) mass is 423 g/mol. The molecule has 2 fully saturated rings. The molecule has 3 rings (SSSR count). The molecule has 158 valence electrons. The van der Waals surface area contributed by atoms with E-state index in [1.807, 2.05) is 24.3 Å². The lowest BCUT2D eigenvalue weighted by Gasteiger charge is -2.14. The van der Waals surface area contributed by atoms with E-state index in [9.17, 15) is 22.8 Å². The van der Waals surface area contributed by atoms with Crippen molar-refractivity contribution in [1.82, 2.24) is 15.5 Å². The van der Waals surface area contributed by atoms with Gasteiger partial charge in [-0.2, -0.15) is 0 Å². The molecule has 2 aliphatic rings. The molecule has 9 nitrogen and oxygen atoms in total. The minimum Gasteiger partial charge on any atom is -0.497 e. The molecule has 2 atom stereocenters. The predicted octanol–water partition coefficient (Wildman–Crippen LogP) is 0.242. The summed E-state index contributed by atoms with van der Waals surface area (Å²) in [4.78, 5) is 37.8. The smallest absolute Gasteiger partial charge is 0.324 e. The summed E-state index contributed by atoms with van der Waals surface area (Å²) < 4.78 is 28.0. The lowest BCUT2D eigenvalue weighted by atomic mass is 10.1. The minimum absolute atomic E-state index is 0.0412. The third-order valence-electron chi connectivity index (χ3n) is 5.15. The summed E-state index contributed by atoms with van der Waals surface area (Å²) in [7, 11) is -1.49. The number of hydrogen-bond donors (Lipinski definition) is 2. The lowest BCUT2D eigenvalue weighted by Crippen LogP contribution is -2.37. The fourth-order valence-electron chi connectivity index (χ4n) is 3.50. The summed E-state index contributed by atoms with van der Waals surface area (Å²) in [5, 5.41) is 5.30. The van der Waals surface area contributed by atoms with Gasteiger partial charge in [-0.05, 0) is 37.0 Å². The van der Waals surface area contributed by atoms with E-state index in [1.165, 1.54) is 0 Å². The van der Waals surface area contributed by atoms with Crippen LogP contribution in [-0.2, 0) is 25.8 Å². The number of carbonyl (C=O) groups excluding carboxylic acids is 3. The molecule has 0 radical (unpaired) electrons. The van der Waals surface area contributed by atoms with E-state index in [-0.39, 0.29) is 48.7 Å². The predicted molar refractivity (Wildman–Crippen MR) is 105 cm³/mol. The molecule has 1 aromatic carbocycles. The highest BCUT2D eigenvalue weighted by molar-refractivity contribution is 7.91. The van der Waals surface area contributed by atoms with Gasteiger partial charge in [0, 0.05) is 19.0 Å². The Hall–Kier alpha value is -2.62. The van der Waals surface area contributed by atoms with Gasteiger partial charge in [0.2, 0.25) is 5.91 Å². The molecule has 29 heavy (non-hydrogen) atoms. The molecule has 2 saturated heterocycles. The summed E-state index contributed by atoms with van der Waals surface area (Å²) in [5.74, 6) is 0.109. The van der Waals surface area contributed by atoms with E-state index in [0.29, 0.717) is 12.8 Å². The average Bonchev–Trinajstić information content (AvgIpc) is 3.16. The van der Waals surface area contributed by atoms with Gasteiger partial charge in [-0.3, -0.25) is 14.5 Å². The number of sulfone groups is 1. The van der Waals surface area contributed by atoms with E-state index < -0.39 is 21.9 Å². The van der Waals surface area contributed by atoms with Crippen LogP contribution < -0.4 is 15.4 Å². The van der Waals surface area contributed by atoms with Crippen LogP contribution in [0.15, 0.2) is 24.3 Å². The van der Waals surface area contributed by atoms with Gasteiger partial charge in [-0.15, -0.1) is 0 Å². The standard InChI is InChI=1S/C19H25N3O6S/c1-28-15-4-2-13(3-5-15)8-10-22-18(24)16(21-19(22)25)6-7-17(23)20-14-9-11-29(26,27)12-14/h2-5,14,16H,6-12H2,1H3,(H,20,23)(H,21,25)/t14-,16-/m0/s1. The first-order valence-electron chi connectivity index (χ1n) is 9.52. The van der Waals surface area contributed by atoms with E-state index in [4.69, 9.17) is 4.74 Å². The zero-order valence-corrected chi connectivity index (χ0v) is 17.0. The molecular formula is C19H25N3O6S. The molecule has 4 amide bonds. The van der Waals surface area contributed by atoms with Crippen LogP contribution in [0.25, 0.3) is 0 Å². The third kappa shape index (κ3) is 5.47. The van der Waals surface area contributed by atoms with Crippen LogP contribution >= 0.6 is 0 Å². The maximum Gasteiger partial charge on any atom is 0.324 e. The lowest BCUT2D eigenvalue weighted by molar-refractivity contribution is -0.127. The Morgan fingerprint density at radius 3 is 2.62 bits per heavy atom. The molecule has 10 heteroatoms. The normalized spacial score (nSPS) is 23.1. The van der Waals surface area contributed by atoms with Crippen LogP contribution in [0.5, 0.6) is 5.75 Å². The van der Waals surface area contributed by atoms with Gasteiger partial charge in [0.1, 0.15) is 11.8 Å². The summed E-state index contributed by atoms with van der Waals surface area (Å²) in [6, 6.07) is 5.82. The Morgan fingerprint density at radius 2 is 2.00 bits per heavy atom. The quantitative estimate of drug-likeness (QED) is 0.578. The number of nitrogens with one attached hydrogen (secondary N) is 2. The number of carbonyl (C=O) groups is 3. The van der Waals surface area contributed by atoms with Crippen LogP contribution in [0.3, 0.4) is 0 Å². The van der Waals surface area contributed by atoms with Gasteiger partial charge in [0.15, 0.2) is 9.84 Å². The number of nitrogens with zero attached hydrogens (tertiary/aromatic N) is 1. The molecule has 0 aromatic heterocycles. The number of ether oxygens (including phenoxy) is 1. The van der Waals surface area contributed by atoms with E-state index in [1.54, 1.807) is 7.11 Å². The van der Waals surface area contributed by atoms with Crippen molar-refractivity contribution in [3.05, 3.63) is 29.8 Å². The molecule has 0 aliphatic carbocycles. The Bertz CT molecular complexity index is 884. The van der Waals surface area contributed by atoms with Crippen molar-refractivity contribution in [2.75, 3.05) is 25.2 Å². The van der Waals surface area contributed by atoms with Crippen molar-refractivity contribution in [3.63, 3.8) is 0 Å². The number of imide groups is 1.